The maximum Gasteiger partial charge on any atom is 0.337 e. The van der Waals surface area contributed by atoms with Crippen LogP contribution in [0.2, 0.25) is 0 Å². The third kappa shape index (κ3) is 6.50. The van der Waals surface area contributed by atoms with Gasteiger partial charge in [-0.15, -0.1) is 0 Å². The zero-order chi connectivity index (χ0) is 33.4. The van der Waals surface area contributed by atoms with Crippen LogP contribution in [0.4, 0.5) is 0 Å². The van der Waals surface area contributed by atoms with E-state index < -0.39 is 11.9 Å². The molecule has 0 saturated heterocycles. The molecule has 0 fully saturated rings. The van der Waals surface area contributed by atoms with Gasteiger partial charge in [0.15, 0.2) is 0 Å². The number of aromatic carboxylic acids is 2. The monoisotopic (exact) mass is 598 g/mol. The fourth-order valence-electron chi connectivity index (χ4n) is 5.80. The molecule has 0 radical (unpaired) electrons. The Morgan fingerprint density at radius 3 is 1.30 bits per heavy atom. The molecule has 0 heterocycles. The van der Waals surface area contributed by atoms with Crippen LogP contribution < -0.4 is 0 Å². The first-order valence-corrected chi connectivity index (χ1v) is 16.2. The lowest BCUT2D eigenvalue weighted by molar-refractivity contribution is 0.0652. The molecule has 0 bridgehead atoms. The molecule has 0 atom stereocenters. The summed E-state index contributed by atoms with van der Waals surface area (Å²) in [5, 5.41) is 20.9. The van der Waals surface area contributed by atoms with E-state index in [4.69, 9.17) is 0 Å². The van der Waals surface area contributed by atoms with Crippen LogP contribution in [-0.4, -0.2) is 22.2 Å². The van der Waals surface area contributed by atoms with Crippen LogP contribution in [0.25, 0.3) is 22.3 Å². The minimum absolute atomic E-state index is 0.0282. The van der Waals surface area contributed by atoms with Crippen LogP contribution in [0.15, 0.2) is 48.5 Å². The summed E-state index contributed by atoms with van der Waals surface area (Å²) in [5.41, 5.74) is 6.59. The molecule has 4 heteroatoms. The normalized spacial score (nSPS) is 12.8. The second-order valence-electron chi connectivity index (χ2n) is 15.0. The smallest absolute Gasteiger partial charge is 0.337 e. The van der Waals surface area contributed by atoms with Crippen LogP contribution in [-0.2, 0) is 21.7 Å². The zero-order valence-corrected chi connectivity index (χ0v) is 29.2. The van der Waals surface area contributed by atoms with E-state index in [0.29, 0.717) is 5.56 Å². The van der Waals surface area contributed by atoms with E-state index in [2.05, 4.69) is 113 Å². The first-order valence-electron chi connectivity index (χ1n) is 16.2. The van der Waals surface area contributed by atoms with Crippen LogP contribution in [0.1, 0.15) is 152 Å². The van der Waals surface area contributed by atoms with Crippen molar-refractivity contribution >= 4 is 11.9 Å². The van der Waals surface area contributed by atoms with E-state index in [1.807, 2.05) is 12.1 Å². The fraction of sp³-hybridized carbons (Fsp3) is 0.500. The van der Waals surface area contributed by atoms with Crippen molar-refractivity contribution in [3.8, 4) is 22.3 Å². The first-order chi connectivity index (χ1) is 20.3. The Balaban J connectivity index is 2.64. The minimum atomic E-state index is -1.25. The van der Waals surface area contributed by atoms with Crippen molar-refractivity contribution in [3.63, 3.8) is 0 Å². The summed E-state index contributed by atoms with van der Waals surface area (Å²) in [6.45, 7) is 26.5. The van der Waals surface area contributed by atoms with E-state index in [0.717, 1.165) is 53.5 Å². The van der Waals surface area contributed by atoms with Gasteiger partial charge in [-0.1, -0.05) is 126 Å². The number of carboxylic acids is 2. The summed E-state index contributed by atoms with van der Waals surface area (Å²) in [5.74, 6) is -2.48. The molecule has 3 aromatic carbocycles. The Hall–Kier alpha value is -3.40. The molecule has 0 amide bonds. The summed E-state index contributed by atoms with van der Waals surface area (Å²) < 4.78 is 0. The number of rotatable bonds is 12. The van der Waals surface area contributed by atoms with Crippen LogP contribution >= 0.6 is 0 Å². The predicted molar refractivity (Wildman–Crippen MR) is 185 cm³/mol. The van der Waals surface area contributed by atoms with Crippen molar-refractivity contribution in [3.05, 3.63) is 81.9 Å². The maximum atomic E-state index is 13.1. The highest BCUT2D eigenvalue weighted by atomic mass is 16.4. The van der Waals surface area contributed by atoms with Crippen LogP contribution in [0.3, 0.4) is 0 Å². The highest BCUT2D eigenvalue weighted by Crippen LogP contribution is 2.47. The summed E-state index contributed by atoms with van der Waals surface area (Å²) in [7, 11) is 0. The second-order valence-corrected chi connectivity index (χ2v) is 15.0. The third-order valence-corrected chi connectivity index (χ3v) is 10.8. The lowest BCUT2D eigenvalue weighted by Crippen LogP contribution is -2.22. The number of hydrogen-bond acceptors (Lipinski definition) is 2. The van der Waals surface area contributed by atoms with Crippen molar-refractivity contribution in [2.75, 3.05) is 0 Å². The predicted octanol–water partition coefficient (Wildman–Crippen LogP) is 11.2. The molecule has 0 aliphatic rings. The van der Waals surface area contributed by atoms with Crippen LogP contribution in [0, 0.1) is 0 Å². The molecule has 3 rings (SSSR count). The Labute approximate surface area is 265 Å². The van der Waals surface area contributed by atoms with E-state index in [1.165, 1.54) is 17.2 Å². The van der Waals surface area contributed by atoms with Gasteiger partial charge in [0, 0.05) is 5.56 Å². The fourth-order valence-corrected chi connectivity index (χ4v) is 5.80. The Morgan fingerprint density at radius 1 is 0.523 bits per heavy atom. The minimum Gasteiger partial charge on any atom is -0.478 e. The number of carbonyl (C=O) groups is 2. The molecule has 44 heavy (non-hydrogen) atoms. The Kier molecular flexibility index (Phi) is 10.00. The SMILES string of the molecule is CCC(C)(C)c1ccc(-c2ccc(C(=O)O)c(C(=O)O)c2-c2ccc(C(C)(C)CC)cc2C(C)(C)CC)c(C(C)(C)CC)c1. The van der Waals surface area contributed by atoms with Gasteiger partial charge in [-0.25, -0.2) is 9.59 Å². The van der Waals surface area contributed by atoms with Gasteiger partial charge in [0.2, 0.25) is 0 Å². The lowest BCUT2D eigenvalue weighted by Gasteiger charge is -2.33. The molecule has 0 unspecified atom stereocenters. The average Bonchev–Trinajstić information content (AvgIpc) is 2.99. The number of hydrogen-bond donors (Lipinski definition) is 2. The molecule has 0 aliphatic heterocycles. The highest BCUT2D eigenvalue weighted by molar-refractivity contribution is 6.10. The lowest BCUT2D eigenvalue weighted by atomic mass is 9.71. The van der Waals surface area contributed by atoms with Crippen molar-refractivity contribution in [2.24, 2.45) is 0 Å². The van der Waals surface area contributed by atoms with Gasteiger partial charge < -0.3 is 10.2 Å². The summed E-state index contributed by atoms with van der Waals surface area (Å²) in [4.78, 5) is 25.6. The molecule has 0 spiro atoms. The number of carboxylic acid groups (broad SMARTS) is 2. The van der Waals surface area contributed by atoms with E-state index in [1.54, 1.807) is 0 Å². The summed E-state index contributed by atoms with van der Waals surface area (Å²) in [6, 6.07) is 16.2. The van der Waals surface area contributed by atoms with Gasteiger partial charge in [0.1, 0.15) is 0 Å². The number of benzene rings is 3. The average molecular weight is 599 g/mol. The quantitative estimate of drug-likeness (QED) is 0.217. The van der Waals surface area contributed by atoms with E-state index in [-0.39, 0.29) is 32.8 Å². The van der Waals surface area contributed by atoms with E-state index >= 15 is 0 Å². The van der Waals surface area contributed by atoms with Gasteiger partial charge >= 0.3 is 11.9 Å². The standard InChI is InChI=1S/C40H54O4/c1-13-37(5,6)25-17-19-27(31(23-25)39(9,10)15-3)28-21-22-30(35(41)42)34(36(43)44)33(28)29-20-18-26(38(7,8)14-2)24-32(29)40(11,12)16-4/h17-24H,13-16H2,1-12H3,(H,41,42)(H,43,44). The highest BCUT2D eigenvalue weighted by Gasteiger charge is 2.33. The summed E-state index contributed by atoms with van der Waals surface area (Å²) in [6.07, 6.45) is 3.66. The summed E-state index contributed by atoms with van der Waals surface area (Å²) >= 11 is 0. The van der Waals surface area contributed by atoms with Crippen molar-refractivity contribution in [1.82, 2.24) is 0 Å². The van der Waals surface area contributed by atoms with Gasteiger partial charge in [0.05, 0.1) is 11.1 Å². The first kappa shape index (κ1) is 35.1. The van der Waals surface area contributed by atoms with Crippen molar-refractivity contribution in [1.29, 1.82) is 0 Å². The molecule has 0 aliphatic carbocycles. The molecule has 238 valence electrons. The molecule has 0 aromatic heterocycles. The maximum absolute atomic E-state index is 13.1. The third-order valence-electron chi connectivity index (χ3n) is 10.8. The molecular weight excluding hydrogens is 544 g/mol. The topological polar surface area (TPSA) is 74.6 Å². The molecule has 4 nitrogen and oxygen atoms in total. The van der Waals surface area contributed by atoms with E-state index in [9.17, 15) is 19.8 Å². The molecule has 3 aromatic rings. The molecule has 2 N–H and O–H groups in total. The Morgan fingerprint density at radius 2 is 0.909 bits per heavy atom. The van der Waals surface area contributed by atoms with Crippen LogP contribution in [0.5, 0.6) is 0 Å². The van der Waals surface area contributed by atoms with Gasteiger partial charge in [-0.2, -0.15) is 0 Å². The largest absolute Gasteiger partial charge is 0.478 e. The van der Waals surface area contributed by atoms with Gasteiger partial charge in [0.25, 0.3) is 0 Å². The van der Waals surface area contributed by atoms with Gasteiger partial charge in [-0.05, 0) is 92.4 Å². The second kappa shape index (κ2) is 12.5. The molecular formula is C40H54O4. The zero-order valence-electron chi connectivity index (χ0n) is 29.2. The van der Waals surface area contributed by atoms with Crippen molar-refractivity contribution in [2.45, 2.75) is 130 Å². The molecule has 0 saturated carbocycles. The Bertz CT molecular complexity index is 1550. The van der Waals surface area contributed by atoms with Crippen molar-refractivity contribution < 1.29 is 19.8 Å². The van der Waals surface area contributed by atoms with Gasteiger partial charge in [-0.3, -0.25) is 0 Å².